The number of pyridine rings is 1. The number of aryl methyl sites for hydroxylation is 2. The maximum absolute atomic E-state index is 13.4. The summed E-state index contributed by atoms with van der Waals surface area (Å²) < 4.78 is 6.81. The monoisotopic (exact) mass is 415 g/mol. The van der Waals surface area contributed by atoms with Gasteiger partial charge in [-0.2, -0.15) is 4.68 Å². The second-order valence-corrected chi connectivity index (χ2v) is 7.85. The fourth-order valence-corrected chi connectivity index (χ4v) is 4.41. The van der Waals surface area contributed by atoms with E-state index >= 15 is 0 Å². The fraction of sp³-hybridized carbons (Fsp3) is 0.261. The molecule has 1 N–H and O–H groups in total. The van der Waals surface area contributed by atoms with Gasteiger partial charge in [0.15, 0.2) is 11.4 Å². The Morgan fingerprint density at radius 2 is 1.84 bits per heavy atom. The van der Waals surface area contributed by atoms with Gasteiger partial charge in [0, 0.05) is 29.6 Å². The summed E-state index contributed by atoms with van der Waals surface area (Å²) in [4.78, 5) is 39.5. The maximum Gasteiger partial charge on any atom is 0.283 e. The smallest absolute Gasteiger partial charge is 0.283 e. The lowest BCUT2D eigenvalue weighted by Gasteiger charge is -2.25. The molecule has 0 amide bonds. The van der Waals surface area contributed by atoms with Crippen LogP contribution in [0.5, 0.6) is 5.75 Å². The number of methoxy groups -OCH3 is 1. The van der Waals surface area contributed by atoms with Crippen LogP contribution in [0.2, 0.25) is 0 Å². The molecule has 1 aromatic carbocycles. The van der Waals surface area contributed by atoms with Gasteiger partial charge in [0.05, 0.1) is 12.5 Å². The van der Waals surface area contributed by atoms with Crippen molar-refractivity contribution in [3.8, 4) is 11.7 Å². The molecule has 0 radical (unpaired) electrons. The average Bonchev–Trinajstić information content (AvgIpc) is 3.10. The molecule has 1 aliphatic carbocycles. The van der Waals surface area contributed by atoms with Gasteiger partial charge in [-0.1, -0.05) is 18.2 Å². The number of hydrogen-bond acceptors (Lipinski definition) is 6. The van der Waals surface area contributed by atoms with E-state index in [4.69, 9.17) is 4.74 Å². The molecule has 3 aromatic heterocycles. The SMILES string of the molecule is COc1ccccc1C1CC(=O)c2cnc3[nH]n(-c4nc(C)cc(C)n4)c(=O)c3c2C1. The maximum atomic E-state index is 13.4. The highest BCUT2D eigenvalue weighted by Crippen LogP contribution is 2.38. The quantitative estimate of drug-likeness (QED) is 0.552. The number of H-pyrrole nitrogens is 1. The molecule has 0 fully saturated rings. The van der Waals surface area contributed by atoms with Crippen LogP contribution in [-0.2, 0) is 6.42 Å². The molecule has 4 aromatic rings. The zero-order valence-corrected chi connectivity index (χ0v) is 17.5. The van der Waals surface area contributed by atoms with Crippen molar-refractivity contribution in [1.82, 2.24) is 24.7 Å². The summed E-state index contributed by atoms with van der Waals surface area (Å²) in [5.41, 5.74) is 3.80. The average molecular weight is 415 g/mol. The number of aromatic nitrogens is 5. The number of nitrogens with one attached hydrogen (secondary N) is 1. The van der Waals surface area contributed by atoms with Crippen molar-refractivity contribution >= 4 is 16.8 Å². The normalized spacial score (nSPS) is 15.8. The molecule has 1 unspecified atom stereocenters. The molecule has 3 heterocycles. The van der Waals surface area contributed by atoms with Crippen LogP contribution in [0.25, 0.3) is 17.0 Å². The van der Waals surface area contributed by atoms with E-state index in [0.29, 0.717) is 35.0 Å². The molecular weight excluding hydrogens is 394 g/mol. The van der Waals surface area contributed by atoms with Gasteiger partial charge in [0.25, 0.3) is 11.5 Å². The van der Waals surface area contributed by atoms with Crippen LogP contribution < -0.4 is 10.3 Å². The van der Waals surface area contributed by atoms with E-state index in [-0.39, 0.29) is 23.2 Å². The molecule has 156 valence electrons. The molecule has 0 aliphatic heterocycles. The minimum Gasteiger partial charge on any atom is -0.496 e. The van der Waals surface area contributed by atoms with Gasteiger partial charge in [-0.05, 0) is 49.4 Å². The number of hydrogen-bond donors (Lipinski definition) is 1. The zero-order valence-electron chi connectivity index (χ0n) is 17.5. The third kappa shape index (κ3) is 3.11. The first-order valence-corrected chi connectivity index (χ1v) is 10.1. The summed E-state index contributed by atoms with van der Waals surface area (Å²) >= 11 is 0. The van der Waals surface area contributed by atoms with Crippen molar-refractivity contribution in [2.75, 3.05) is 7.11 Å². The van der Waals surface area contributed by atoms with Crippen molar-refractivity contribution in [2.45, 2.75) is 32.6 Å². The highest BCUT2D eigenvalue weighted by Gasteiger charge is 2.31. The Labute approximate surface area is 177 Å². The Morgan fingerprint density at radius 1 is 1.10 bits per heavy atom. The molecular formula is C23H21N5O3. The highest BCUT2D eigenvalue weighted by atomic mass is 16.5. The molecule has 0 saturated heterocycles. The molecule has 0 saturated carbocycles. The van der Waals surface area contributed by atoms with E-state index in [9.17, 15) is 9.59 Å². The number of benzene rings is 1. The number of nitrogens with zero attached hydrogens (tertiary/aromatic N) is 4. The van der Waals surface area contributed by atoms with E-state index in [0.717, 1.165) is 22.7 Å². The Bertz CT molecular complexity index is 1380. The lowest BCUT2D eigenvalue weighted by atomic mass is 9.79. The van der Waals surface area contributed by atoms with Gasteiger partial charge in [0.1, 0.15) is 5.75 Å². The summed E-state index contributed by atoms with van der Waals surface area (Å²) in [7, 11) is 1.62. The van der Waals surface area contributed by atoms with Crippen LogP contribution in [0.15, 0.2) is 41.3 Å². The summed E-state index contributed by atoms with van der Waals surface area (Å²) in [5.74, 6) is 0.894. The Kier molecular flexibility index (Phi) is 4.43. The van der Waals surface area contributed by atoms with Crippen LogP contribution in [0.1, 0.15) is 45.2 Å². The number of carbonyl (C=O) groups is 1. The van der Waals surface area contributed by atoms with Crippen LogP contribution >= 0.6 is 0 Å². The molecule has 5 rings (SSSR count). The standard InChI is InChI=1S/C23H21N5O3/c1-12-8-13(2)26-23(25-12)28-22(30)20-16-9-14(15-6-4-5-7-19(15)31-3)10-18(29)17(16)11-24-21(20)27-28/h4-8,11,14H,9-10H2,1-3H3,(H,24,27). The first-order valence-electron chi connectivity index (χ1n) is 10.1. The number of rotatable bonds is 3. The number of para-hydroxylation sites is 1. The number of carbonyl (C=O) groups excluding carboxylic acids is 1. The second kappa shape index (κ2) is 7.16. The van der Waals surface area contributed by atoms with Crippen LogP contribution in [0.4, 0.5) is 0 Å². The summed E-state index contributed by atoms with van der Waals surface area (Å²) in [5, 5.41) is 3.42. The van der Waals surface area contributed by atoms with Crippen LogP contribution in [0.3, 0.4) is 0 Å². The predicted octanol–water partition coefficient (Wildman–Crippen LogP) is 3.04. The third-order valence-electron chi connectivity index (χ3n) is 5.75. The number of ether oxygens (including phenoxy) is 1. The fourth-order valence-electron chi connectivity index (χ4n) is 4.41. The number of aromatic amines is 1. The minimum absolute atomic E-state index is 0.0265. The summed E-state index contributed by atoms with van der Waals surface area (Å²) in [6.45, 7) is 3.70. The lowest BCUT2D eigenvalue weighted by molar-refractivity contribution is 0.0964. The zero-order chi connectivity index (χ0) is 21.7. The summed E-state index contributed by atoms with van der Waals surface area (Å²) in [6, 6.07) is 9.53. The molecule has 0 bridgehead atoms. The lowest BCUT2D eigenvalue weighted by Crippen LogP contribution is -2.23. The first-order chi connectivity index (χ1) is 15.0. The van der Waals surface area contributed by atoms with E-state index in [1.807, 2.05) is 44.2 Å². The minimum atomic E-state index is -0.308. The van der Waals surface area contributed by atoms with E-state index in [1.165, 1.54) is 4.68 Å². The van der Waals surface area contributed by atoms with Gasteiger partial charge in [0.2, 0.25) is 0 Å². The predicted molar refractivity (Wildman–Crippen MR) is 115 cm³/mol. The van der Waals surface area contributed by atoms with Gasteiger partial charge >= 0.3 is 0 Å². The molecule has 8 heteroatoms. The Balaban J connectivity index is 1.68. The van der Waals surface area contributed by atoms with Gasteiger partial charge < -0.3 is 4.74 Å². The number of Topliss-reactive ketones (excluding diaryl/α,β-unsaturated/α-hetero) is 1. The largest absolute Gasteiger partial charge is 0.496 e. The van der Waals surface area contributed by atoms with E-state index in [2.05, 4.69) is 20.1 Å². The van der Waals surface area contributed by atoms with Gasteiger partial charge in [-0.25, -0.2) is 15.0 Å². The van der Waals surface area contributed by atoms with Crippen molar-refractivity contribution < 1.29 is 9.53 Å². The Hall–Kier alpha value is -3.81. The third-order valence-corrected chi connectivity index (χ3v) is 5.75. The topological polar surface area (TPSA) is 103 Å². The molecule has 0 spiro atoms. The second-order valence-electron chi connectivity index (χ2n) is 7.85. The number of ketones is 1. The van der Waals surface area contributed by atoms with Crippen LogP contribution in [-0.4, -0.2) is 37.6 Å². The molecule has 1 aliphatic rings. The Morgan fingerprint density at radius 3 is 2.58 bits per heavy atom. The highest BCUT2D eigenvalue weighted by molar-refractivity contribution is 6.02. The van der Waals surface area contributed by atoms with Crippen molar-refractivity contribution in [3.05, 3.63) is 75.0 Å². The van der Waals surface area contributed by atoms with Crippen molar-refractivity contribution in [3.63, 3.8) is 0 Å². The summed E-state index contributed by atoms with van der Waals surface area (Å²) in [6.07, 6.45) is 2.45. The van der Waals surface area contributed by atoms with Crippen LogP contribution in [0, 0.1) is 13.8 Å². The molecule has 8 nitrogen and oxygen atoms in total. The molecule has 1 atom stereocenters. The van der Waals surface area contributed by atoms with Crippen molar-refractivity contribution in [1.29, 1.82) is 0 Å². The first kappa shape index (κ1) is 19.2. The van der Waals surface area contributed by atoms with E-state index in [1.54, 1.807) is 13.3 Å². The van der Waals surface area contributed by atoms with Gasteiger partial charge in [-0.3, -0.25) is 14.7 Å². The van der Waals surface area contributed by atoms with Gasteiger partial charge in [-0.15, -0.1) is 0 Å². The molecule has 31 heavy (non-hydrogen) atoms. The van der Waals surface area contributed by atoms with Crippen molar-refractivity contribution in [2.24, 2.45) is 0 Å². The van der Waals surface area contributed by atoms with E-state index < -0.39 is 0 Å². The number of fused-ring (bicyclic) bond motifs is 3.